The first-order valence-electron chi connectivity index (χ1n) is 7.76. The summed E-state index contributed by atoms with van der Waals surface area (Å²) < 4.78 is 29.4. The van der Waals surface area contributed by atoms with Crippen molar-refractivity contribution in [3.63, 3.8) is 0 Å². The first kappa shape index (κ1) is 16.0. The van der Waals surface area contributed by atoms with E-state index in [-0.39, 0.29) is 0 Å². The predicted molar refractivity (Wildman–Crippen MR) is 90.1 cm³/mol. The molecule has 6 nitrogen and oxygen atoms in total. The van der Waals surface area contributed by atoms with Crippen molar-refractivity contribution in [1.82, 2.24) is 14.7 Å². The minimum atomic E-state index is -3.57. The quantitative estimate of drug-likeness (QED) is 0.874. The maximum absolute atomic E-state index is 12.5. The molecular weight excluding hydrogens is 312 g/mol. The van der Waals surface area contributed by atoms with E-state index in [0.717, 1.165) is 31.4 Å². The lowest BCUT2D eigenvalue weighted by Gasteiger charge is -2.09. The molecule has 23 heavy (non-hydrogen) atoms. The predicted octanol–water partition coefficient (Wildman–Crippen LogP) is 1.73. The fourth-order valence-corrected chi connectivity index (χ4v) is 3.85. The van der Waals surface area contributed by atoms with Crippen molar-refractivity contribution < 1.29 is 8.42 Å². The highest BCUT2D eigenvalue weighted by Gasteiger charge is 2.19. The molecule has 0 radical (unpaired) electrons. The molecular formula is C16H22N4O2S. The number of likely N-dealkylation sites (N-methyl/N-ethyl adjacent to an activating group) is 1. The molecule has 1 aromatic heterocycles. The molecule has 0 atom stereocenters. The van der Waals surface area contributed by atoms with Crippen LogP contribution in [0.25, 0.3) is 0 Å². The topological polar surface area (TPSA) is 67.2 Å². The Kier molecular flexibility index (Phi) is 4.41. The maximum Gasteiger partial charge on any atom is 0.262 e. The van der Waals surface area contributed by atoms with Crippen LogP contribution in [0.1, 0.15) is 17.5 Å². The normalized spacial score (nSPS) is 14.2. The Balaban J connectivity index is 1.73. The lowest BCUT2D eigenvalue weighted by Crippen LogP contribution is -2.18. The van der Waals surface area contributed by atoms with Crippen molar-refractivity contribution in [3.05, 3.63) is 41.7 Å². The average molecular weight is 334 g/mol. The maximum atomic E-state index is 12.5. The van der Waals surface area contributed by atoms with Crippen LogP contribution in [0.2, 0.25) is 0 Å². The van der Waals surface area contributed by atoms with E-state index in [9.17, 15) is 8.42 Å². The molecule has 1 aliphatic carbocycles. The van der Waals surface area contributed by atoms with Gasteiger partial charge in [0, 0.05) is 12.7 Å². The zero-order valence-corrected chi connectivity index (χ0v) is 14.3. The first-order chi connectivity index (χ1) is 10.9. The Morgan fingerprint density at radius 1 is 1.26 bits per heavy atom. The van der Waals surface area contributed by atoms with E-state index in [4.69, 9.17) is 0 Å². The van der Waals surface area contributed by atoms with Crippen LogP contribution in [0.5, 0.6) is 0 Å². The fourth-order valence-electron chi connectivity index (χ4n) is 2.77. The van der Waals surface area contributed by atoms with Gasteiger partial charge in [-0.2, -0.15) is 5.10 Å². The summed E-state index contributed by atoms with van der Waals surface area (Å²) in [6.07, 6.45) is 6.36. The van der Waals surface area contributed by atoms with Crippen molar-refractivity contribution in [2.24, 2.45) is 0 Å². The van der Waals surface area contributed by atoms with E-state index < -0.39 is 10.0 Å². The molecule has 1 heterocycles. The largest absolute Gasteiger partial charge is 0.308 e. The summed E-state index contributed by atoms with van der Waals surface area (Å²) in [6.45, 7) is 1.56. The number of nitrogens with zero attached hydrogens (tertiary/aromatic N) is 3. The zero-order valence-electron chi connectivity index (χ0n) is 13.5. The highest BCUT2D eigenvalue weighted by molar-refractivity contribution is 7.92. The molecule has 0 spiro atoms. The van der Waals surface area contributed by atoms with Gasteiger partial charge in [-0.1, -0.05) is 6.07 Å². The molecule has 2 aromatic rings. The SMILES string of the molecule is CN(C)CCn1cc(NS(=O)(=O)c2ccc3c(c2)CCC3)cn1. The van der Waals surface area contributed by atoms with E-state index in [1.807, 2.05) is 20.2 Å². The van der Waals surface area contributed by atoms with Gasteiger partial charge in [0.05, 0.1) is 23.3 Å². The van der Waals surface area contributed by atoms with Gasteiger partial charge in [0.2, 0.25) is 0 Å². The number of rotatable bonds is 6. The standard InChI is InChI=1S/C16H22N4O2S/c1-19(2)8-9-20-12-15(11-17-20)18-23(21,22)16-7-6-13-4-3-5-14(13)10-16/h6-7,10-12,18H,3-5,8-9H2,1-2H3. The highest BCUT2D eigenvalue weighted by Crippen LogP contribution is 2.25. The molecule has 0 saturated heterocycles. The van der Waals surface area contributed by atoms with E-state index in [1.54, 1.807) is 29.2 Å². The summed E-state index contributed by atoms with van der Waals surface area (Å²) in [7, 11) is 0.408. The molecule has 0 bridgehead atoms. The summed E-state index contributed by atoms with van der Waals surface area (Å²) in [5, 5.41) is 4.19. The van der Waals surface area contributed by atoms with Crippen LogP contribution in [-0.2, 0) is 29.4 Å². The molecule has 124 valence electrons. The summed E-state index contributed by atoms with van der Waals surface area (Å²) >= 11 is 0. The Bertz CT molecular complexity index is 796. The van der Waals surface area contributed by atoms with Crippen LogP contribution in [0.15, 0.2) is 35.5 Å². The van der Waals surface area contributed by atoms with Crippen LogP contribution in [-0.4, -0.2) is 43.7 Å². The van der Waals surface area contributed by atoms with Gasteiger partial charge in [0.1, 0.15) is 0 Å². The van der Waals surface area contributed by atoms with Crippen molar-refractivity contribution in [2.75, 3.05) is 25.4 Å². The number of nitrogens with one attached hydrogen (secondary N) is 1. The summed E-state index contributed by atoms with van der Waals surface area (Å²) in [5.41, 5.74) is 2.90. The van der Waals surface area contributed by atoms with E-state index >= 15 is 0 Å². The first-order valence-corrected chi connectivity index (χ1v) is 9.24. The van der Waals surface area contributed by atoms with Crippen molar-refractivity contribution >= 4 is 15.7 Å². The second-order valence-corrected chi connectivity index (χ2v) is 7.87. The molecule has 7 heteroatoms. The van der Waals surface area contributed by atoms with Crippen LogP contribution in [0.4, 0.5) is 5.69 Å². The number of aryl methyl sites for hydroxylation is 2. The van der Waals surface area contributed by atoms with Crippen molar-refractivity contribution in [2.45, 2.75) is 30.7 Å². The molecule has 0 saturated carbocycles. The number of hydrogen-bond acceptors (Lipinski definition) is 4. The number of benzene rings is 1. The monoisotopic (exact) mass is 334 g/mol. The Morgan fingerprint density at radius 2 is 2.04 bits per heavy atom. The minimum Gasteiger partial charge on any atom is -0.308 e. The lowest BCUT2D eigenvalue weighted by molar-refractivity contribution is 0.373. The number of fused-ring (bicyclic) bond motifs is 1. The second kappa shape index (κ2) is 6.33. The number of sulfonamides is 1. The van der Waals surface area contributed by atoms with E-state index in [0.29, 0.717) is 17.1 Å². The van der Waals surface area contributed by atoms with Gasteiger partial charge in [0.25, 0.3) is 10.0 Å². The fraction of sp³-hybridized carbons (Fsp3) is 0.438. The van der Waals surface area contributed by atoms with Crippen LogP contribution < -0.4 is 4.72 Å². The summed E-state index contributed by atoms with van der Waals surface area (Å²) in [6, 6.07) is 5.40. The smallest absolute Gasteiger partial charge is 0.262 e. The third-order valence-corrected chi connectivity index (χ3v) is 5.42. The summed E-state index contributed by atoms with van der Waals surface area (Å²) in [5.74, 6) is 0. The molecule has 1 aliphatic rings. The number of anilines is 1. The second-order valence-electron chi connectivity index (χ2n) is 6.18. The van der Waals surface area contributed by atoms with Gasteiger partial charge in [0.15, 0.2) is 0 Å². The number of aromatic nitrogens is 2. The molecule has 0 aliphatic heterocycles. The lowest BCUT2D eigenvalue weighted by atomic mass is 10.1. The van der Waals surface area contributed by atoms with Crippen molar-refractivity contribution in [1.29, 1.82) is 0 Å². The third kappa shape index (κ3) is 3.73. The minimum absolute atomic E-state index is 0.319. The van der Waals surface area contributed by atoms with E-state index in [2.05, 4.69) is 14.7 Å². The van der Waals surface area contributed by atoms with Crippen LogP contribution >= 0.6 is 0 Å². The van der Waals surface area contributed by atoms with Gasteiger partial charge in [-0.3, -0.25) is 9.40 Å². The van der Waals surface area contributed by atoms with Crippen LogP contribution in [0.3, 0.4) is 0 Å². The molecule has 1 aromatic carbocycles. The highest BCUT2D eigenvalue weighted by atomic mass is 32.2. The summed E-state index contributed by atoms with van der Waals surface area (Å²) in [4.78, 5) is 2.37. The van der Waals surface area contributed by atoms with Gasteiger partial charge in [-0.15, -0.1) is 0 Å². The number of hydrogen-bond donors (Lipinski definition) is 1. The van der Waals surface area contributed by atoms with Crippen LogP contribution in [0, 0.1) is 0 Å². The Hall–Kier alpha value is -1.86. The molecule has 1 N–H and O–H groups in total. The third-order valence-electron chi connectivity index (χ3n) is 4.04. The van der Waals surface area contributed by atoms with E-state index in [1.165, 1.54) is 5.56 Å². The molecule has 0 unspecified atom stereocenters. The van der Waals surface area contributed by atoms with Crippen molar-refractivity contribution in [3.8, 4) is 0 Å². The average Bonchev–Trinajstić information content (AvgIpc) is 3.12. The van der Waals surface area contributed by atoms with Gasteiger partial charge >= 0.3 is 0 Å². The van der Waals surface area contributed by atoms with Gasteiger partial charge in [-0.05, 0) is 56.6 Å². The molecule has 0 amide bonds. The van der Waals surface area contributed by atoms with Gasteiger partial charge in [-0.25, -0.2) is 8.42 Å². The van der Waals surface area contributed by atoms with Gasteiger partial charge < -0.3 is 4.90 Å². The molecule has 3 rings (SSSR count). The Morgan fingerprint density at radius 3 is 2.83 bits per heavy atom. The Labute approximate surface area is 137 Å². The molecule has 0 fully saturated rings. The zero-order chi connectivity index (χ0) is 16.4.